The average molecular weight is 762 g/mol. The molecule has 2 amide bonds. The first-order chi connectivity index (χ1) is 23.8. The SMILES string of the molecule is C=CCCS(=O)(=O)N(C)C[C@@]12C[C@@H](C(=O)Nc3nc(Br)ccc3C=C)N(C(=O)Cn3nc(C(C)=O)c4cc(-c5cnc(C)nc5)ccc43)[C@@H]1C2. The van der Waals surface area contributed by atoms with Crippen molar-refractivity contribution in [3.05, 3.63) is 83.6 Å². The second kappa shape index (κ2) is 13.6. The molecule has 50 heavy (non-hydrogen) atoms. The maximum Gasteiger partial charge on any atom is 0.248 e. The van der Waals surface area contributed by atoms with Gasteiger partial charge in [0.1, 0.15) is 34.5 Å². The van der Waals surface area contributed by atoms with Crippen molar-refractivity contribution >= 4 is 66.3 Å². The lowest BCUT2D eigenvalue weighted by atomic mass is 9.99. The number of pyridine rings is 1. The molecule has 6 rings (SSSR count). The number of nitrogens with one attached hydrogen (secondary N) is 1. The van der Waals surface area contributed by atoms with Gasteiger partial charge in [-0.05, 0) is 71.9 Å². The van der Waals surface area contributed by atoms with E-state index in [-0.39, 0.29) is 54.5 Å². The van der Waals surface area contributed by atoms with E-state index in [2.05, 4.69) is 54.5 Å². The molecule has 13 nitrogen and oxygen atoms in total. The summed E-state index contributed by atoms with van der Waals surface area (Å²) in [6.07, 6.45) is 7.64. The van der Waals surface area contributed by atoms with Crippen molar-refractivity contribution in [3.63, 3.8) is 0 Å². The van der Waals surface area contributed by atoms with E-state index in [4.69, 9.17) is 0 Å². The number of aryl methyl sites for hydroxylation is 1. The summed E-state index contributed by atoms with van der Waals surface area (Å²) < 4.78 is 29.3. The van der Waals surface area contributed by atoms with Crippen molar-refractivity contribution in [2.75, 3.05) is 24.7 Å². The van der Waals surface area contributed by atoms with Gasteiger partial charge in [-0.2, -0.15) is 5.10 Å². The van der Waals surface area contributed by atoms with Crippen LogP contribution in [-0.4, -0.2) is 91.4 Å². The molecule has 3 atom stereocenters. The largest absolute Gasteiger partial charge is 0.325 e. The number of benzene rings is 1. The summed E-state index contributed by atoms with van der Waals surface area (Å²) in [4.78, 5) is 55.5. The third kappa shape index (κ3) is 6.76. The zero-order valence-electron chi connectivity index (χ0n) is 28.0. The number of anilines is 1. The molecular weight excluding hydrogens is 724 g/mol. The van der Waals surface area contributed by atoms with Crippen LogP contribution in [-0.2, 0) is 26.2 Å². The molecule has 2 fully saturated rings. The van der Waals surface area contributed by atoms with Gasteiger partial charge in [0.05, 0.1) is 11.3 Å². The number of carbonyl (C=O) groups excluding carboxylic acids is 3. The van der Waals surface area contributed by atoms with Crippen molar-refractivity contribution in [2.24, 2.45) is 5.41 Å². The fourth-order valence-corrected chi connectivity index (χ4v) is 8.31. The lowest BCUT2D eigenvalue weighted by Crippen LogP contribution is -2.47. The summed E-state index contributed by atoms with van der Waals surface area (Å²) in [5.41, 5.74) is 2.33. The van der Waals surface area contributed by atoms with Gasteiger partial charge in [-0.15, -0.1) is 6.58 Å². The van der Waals surface area contributed by atoms with Gasteiger partial charge in [-0.3, -0.25) is 19.1 Å². The fourth-order valence-electron chi connectivity index (χ4n) is 6.77. The lowest BCUT2D eigenvalue weighted by molar-refractivity contribution is -0.138. The number of fused-ring (bicyclic) bond motifs is 2. The van der Waals surface area contributed by atoms with Gasteiger partial charge >= 0.3 is 0 Å². The summed E-state index contributed by atoms with van der Waals surface area (Å²) in [6.45, 7) is 10.6. The number of amides is 2. The smallest absolute Gasteiger partial charge is 0.248 e. The molecule has 1 saturated heterocycles. The van der Waals surface area contributed by atoms with Crippen LogP contribution in [0.2, 0.25) is 0 Å². The highest BCUT2D eigenvalue weighted by Crippen LogP contribution is 2.60. The van der Waals surface area contributed by atoms with E-state index in [1.54, 1.807) is 54.6 Å². The van der Waals surface area contributed by atoms with Crippen LogP contribution in [0.4, 0.5) is 5.82 Å². The first-order valence-electron chi connectivity index (χ1n) is 16.0. The predicted molar refractivity (Wildman–Crippen MR) is 193 cm³/mol. The number of Topliss-reactive ketones (excluding diaryl/α,β-unsaturated/α-hetero) is 1. The van der Waals surface area contributed by atoms with Crippen LogP contribution in [0.5, 0.6) is 0 Å². The Kier molecular flexibility index (Phi) is 9.59. The molecule has 1 saturated carbocycles. The molecular formula is C35H37BrN8O5S. The number of allylic oxidation sites excluding steroid dienone is 1. The number of carbonyl (C=O) groups is 3. The van der Waals surface area contributed by atoms with E-state index in [1.165, 1.54) is 23.0 Å². The minimum Gasteiger partial charge on any atom is -0.325 e. The van der Waals surface area contributed by atoms with E-state index in [1.807, 2.05) is 12.1 Å². The first-order valence-corrected chi connectivity index (χ1v) is 18.4. The fraction of sp³-hybridized carbons (Fsp3) is 0.343. The maximum absolute atomic E-state index is 14.3. The molecule has 1 aliphatic carbocycles. The molecule has 1 N–H and O–H groups in total. The van der Waals surface area contributed by atoms with Gasteiger partial charge < -0.3 is 10.2 Å². The van der Waals surface area contributed by atoms with E-state index in [0.717, 1.165) is 11.1 Å². The van der Waals surface area contributed by atoms with Gasteiger partial charge in [-0.1, -0.05) is 24.8 Å². The molecule has 3 aromatic heterocycles. The number of rotatable bonds is 13. The topological polar surface area (TPSA) is 160 Å². The van der Waals surface area contributed by atoms with Crippen LogP contribution < -0.4 is 5.32 Å². The Balaban J connectivity index is 1.32. The second-order valence-corrected chi connectivity index (χ2v) is 15.8. The van der Waals surface area contributed by atoms with Gasteiger partial charge in [0.25, 0.3) is 0 Å². The number of nitrogens with zero attached hydrogens (tertiary/aromatic N) is 7. The monoisotopic (exact) mass is 760 g/mol. The third-order valence-electron chi connectivity index (χ3n) is 9.44. The van der Waals surface area contributed by atoms with Gasteiger partial charge in [0.2, 0.25) is 21.8 Å². The Bertz CT molecular complexity index is 2150. The Morgan fingerprint density at radius 2 is 1.86 bits per heavy atom. The molecule has 1 aliphatic heterocycles. The van der Waals surface area contributed by atoms with Crippen LogP contribution in [0.25, 0.3) is 28.1 Å². The number of hydrogen-bond acceptors (Lipinski definition) is 9. The summed E-state index contributed by atoms with van der Waals surface area (Å²) >= 11 is 3.34. The molecule has 1 aromatic carbocycles. The number of aromatic nitrogens is 5. The Labute approximate surface area is 298 Å². The summed E-state index contributed by atoms with van der Waals surface area (Å²) in [6, 6.07) is 7.68. The first kappa shape index (κ1) is 35.2. The molecule has 2 aliphatic rings. The minimum atomic E-state index is -3.59. The molecule has 0 radical (unpaired) electrons. The van der Waals surface area contributed by atoms with Gasteiger partial charge in [0, 0.05) is 60.9 Å². The van der Waals surface area contributed by atoms with Crippen molar-refractivity contribution in [3.8, 4) is 11.1 Å². The maximum atomic E-state index is 14.3. The normalized spacial score (nSPS) is 19.7. The van der Waals surface area contributed by atoms with Crippen LogP contribution in [0, 0.1) is 12.3 Å². The summed E-state index contributed by atoms with van der Waals surface area (Å²) in [5.74, 6) is -0.260. The van der Waals surface area contributed by atoms with Crippen LogP contribution >= 0.6 is 15.9 Å². The van der Waals surface area contributed by atoms with Crippen LogP contribution in [0.1, 0.15) is 48.1 Å². The molecule has 0 bridgehead atoms. The molecule has 15 heteroatoms. The zero-order valence-corrected chi connectivity index (χ0v) is 30.4. The van der Waals surface area contributed by atoms with E-state index in [9.17, 15) is 22.8 Å². The summed E-state index contributed by atoms with van der Waals surface area (Å²) in [7, 11) is -2.06. The highest BCUT2D eigenvalue weighted by Gasteiger charge is 2.67. The van der Waals surface area contributed by atoms with Crippen molar-refractivity contribution in [2.45, 2.75) is 51.7 Å². The zero-order chi connectivity index (χ0) is 36.0. The predicted octanol–water partition coefficient (Wildman–Crippen LogP) is 4.64. The molecule has 0 spiro atoms. The molecule has 4 aromatic rings. The number of likely N-dealkylation sites (tertiary alicyclic amines) is 1. The van der Waals surface area contributed by atoms with Crippen molar-refractivity contribution < 1.29 is 22.8 Å². The molecule has 260 valence electrons. The number of ketones is 1. The summed E-state index contributed by atoms with van der Waals surface area (Å²) in [5, 5.41) is 7.99. The highest BCUT2D eigenvalue weighted by molar-refractivity contribution is 9.10. The number of hydrogen-bond donors (Lipinski definition) is 1. The highest BCUT2D eigenvalue weighted by atomic mass is 79.9. The quantitative estimate of drug-likeness (QED) is 0.116. The number of piperidine rings is 1. The van der Waals surface area contributed by atoms with Crippen molar-refractivity contribution in [1.29, 1.82) is 0 Å². The van der Waals surface area contributed by atoms with E-state index >= 15 is 0 Å². The second-order valence-electron chi connectivity index (χ2n) is 12.8. The minimum absolute atomic E-state index is 0.0807. The number of halogens is 1. The Morgan fingerprint density at radius 1 is 1.12 bits per heavy atom. The number of sulfonamides is 1. The van der Waals surface area contributed by atoms with E-state index in [0.29, 0.717) is 39.7 Å². The Morgan fingerprint density at radius 3 is 2.54 bits per heavy atom. The van der Waals surface area contributed by atoms with Gasteiger partial charge in [-0.25, -0.2) is 27.7 Å². The lowest BCUT2D eigenvalue weighted by Gasteiger charge is -2.27. The standard InChI is InChI=1S/C35H37BrN8O5S/c1-6-8-13-50(48,49)42(5)20-35-15-28(34(47)40-33-23(7-2)10-12-30(36)39-33)44(29(35)16-35)31(46)19-43-27-11-9-24(25-17-37-22(4)38-18-25)14-26(27)32(41-43)21(3)45/h6-7,9-12,14,17-18,28-29H,1-2,8,13,15-16,19-20H2,3-5H3,(H,39,40,47)/t28-,29+,35-/m0/s1. The van der Waals surface area contributed by atoms with Crippen molar-refractivity contribution in [1.82, 2.24) is 33.9 Å². The third-order valence-corrected chi connectivity index (χ3v) is 11.7. The van der Waals surface area contributed by atoms with E-state index < -0.39 is 27.4 Å². The van der Waals surface area contributed by atoms with Crippen LogP contribution in [0.15, 0.2) is 66.6 Å². The Hall–Kier alpha value is -4.60. The average Bonchev–Trinajstić information content (AvgIpc) is 3.48. The van der Waals surface area contributed by atoms with Gasteiger partial charge in [0.15, 0.2) is 5.78 Å². The molecule has 4 heterocycles. The molecule has 0 unspecified atom stereocenters. The van der Waals surface area contributed by atoms with Crippen LogP contribution in [0.3, 0.4) is 0 Å².